The molecule has 6 heteroatoms. The molecule has 19 heavy (non-hydrogen) atoms. The molecule has 0 bridgehead atoms. The number of hydrogen-bond donors (Lipinski definition) is 1. The Kier molecular flexibility index (Phi) is 6.21. The zero-order valence-corrected chi connectivity index (χ0v) is 12.0. The quantitative estimate of drug-likeness (QED) is 0.594. The molecule has 0 unspecified atom stereocenters. The lowest BCUT2D eigenvalue weighted by Gasteiger charge is -2.20. The van der Waals surface area contributed by atoms with Crippen molar-refractivity contribution in [2.75, 3.05) is 32.6 Å². The Morgan fingerprint density at radius 2 is 2.21 bits per heavy atom. The van der Waals surface area contributed by atoms with E-state index in [-0.39, 0.29) is 5.69 Å². The molecule has 1 aromatic heterocycles. The third-order valence-corrected chi connectivity index (χ3v) is 2.90. The van der Waals surface area contributed by atoms with Crippen molar-refractivity contribution in [2.45, 2.75) is 26.3 Å². The van der Waals surface area contributed by atoms with E-state index in [1.807, 2.05) is 0 Å². The number of hydrogen-bond acceptors (Lipinski definition) is 6. The van der Waals surface area contributed by atoms with Gasteiger partial charge >= 0.3 is 5.97 Å². The van der Waals surface area contributed by atoms with Gasteiger partial charge in [-0.05, 0) is 33.9 Å². The van der Waals surface area contributed by atoms with E-state index in [1.54, 1.807) is 6.20 Å². The standard InChI is InChI=1S/C13H22N4O2/c1-10(2)17(3)7-5-6-15-12-9-14-8-11(16-12)13(18)19-4/h8-10H,5-7H2,1-4H3,(H,15,16). The van der Waals surface area contributed by atoms with Crippen LogP contribution in [0.4, 0.5) is 5.82 Å². The summed E-state index contributed by atoms with van der Waals surface area (Å²) in [5, 5.41) is 3.15. The van der Waals surface area contributed by atoms with Crippen LogP contribution in [-0.2, 0) is 4.74 Å². The number of carbonyl (C=O) groups is 1. The molecular formula is C13H22N4O2. The van der Waals surface area contributed by atoms with Crippen molar-refractivity contribution in [3.63, 3.8) is 0 Å². The van der Waals surface area contributed by atoms with Gasteiger partial charge in [0.05, 0.1) is 19.5 Å². The molecule has 0 saturated heterocycles. The molecule has 1 heterocycles. The van der Waals surface area contributed by atoms with Gasteiger partial charge in [-0.2, -0.15) is 0 Å². The Morgan fingerprint density at radius 1 is 1.47 bits per heavy atom. The fourth-order valence-corrected chi connectivity index (χ4v) is 1.46. The van der Waals surface area contributed by atoms with Gasteiger partial charge in [0.2, 0.25) is 0 Å². The molecule has 6 nitrogen and oxygen atoms in total. The van der Waals surface area contributed by atoms with Crippen molar-refractivity contribution in [3.8, 4) is 0 Å². The van der Waals surface area contributed by atoms with Crippen molar-refractivity contribution in [1.82, 2.24) is 14.9 Å². The van der Waals surface area contributed by atoms with Crippen LogP contribution in [0.15, 0.2) is 12.4 Å². The number of esters is 1. The minimum absolute atomic E-state index is 0.215. The average Bonchev–Trinajstić information content (AvgIpc) is 2.42. The molecular weight excluding hydrogens is 244 g/mol. The second-order valence-corrected chi connectivity index (χ2v) is 4.64. The number of carbonyl (C=O) groups excluding carboxylic acids is 1. The van der Waals surface area contributed by atoms with Crippen LogP contribution in [0.1, 0.15) is 30.8 Å². The predicted octanol–water partition coefficient (Wildman–Crippen LogP) is 1.41. The maximum atomic E-state index is 11.3. The van der Waals surface area contributed by atoms with Crippen LogP contribution in [0.2, 0.25) is 0 Å². The molecule has 0 atom stereocenters. The number of ether oxygens (including phenoxy) is 1. The van der Waals surface area contributed by atoms with Gasteiger partial charge < -0.3 is 15.0 Å². The number of aromatic nitrogens is 2. The van der Waals surface area contributed by atoms with Crippen molar-refractivity contribution in [1.29, 1.82) is 0 Å². The van der Waals surface area contributed by atoms with Gasteiger partial charge in [0, 0.05) is 12.6 Å². The fourth-order valence-electron chi connectivity index (χ4n) is 1.46. The number of anilines is 1. The monoisotopic (exact) mass is 266 g/mol. The minimum Gasteiger partial charge on any atom is -0.464 e. The lowest BCUT2D eigenvalue weighted by atomic mass is 10.3. The van der Waals surface area contributed by atoms with E-state index in [0.29, 0.717) is 11.9 Å². The van der Waals surface area contributed by atoms with E-state index < -0.39 is 5.97 Å². The maximum absolute atomic E-state index is 11.3. The Morgan fingerprint density at radius 3 is 2.84 bits per heavy atom. The second-order valence-electron chi connectivity index (χ2n) is 4.64. The smallest absolute Gasteiger partial charge is 0.358 e. The molecule has 1 aromatic rings. The molecule has 0 fully saturated rings. The van der Waals surface area contributed by atoms with Crippen molar-refractivity contribution in [2.24, 2.45) is 0 Å². The highest BCUT2D eigenvalue weighted by Crippen LogP contribution is 2.04. The molecule has 0 saturated carbocycles. The highest BCUT2D eigenvalue weighted by atomic mass is 16.5. The third kappa shape index (κ3) is 5.21. The van der Waals surface area contributed by atoms with Crippen LogP contribution in [0.3, 0.4) is 0 Å². The summed E-state index contributed by atoms with van der Waals surface area (Å²) in [5.74, 6) is 0.116. The minimum atomic E-state index is -0.476. The molecule has 0 aromatic carbocycles. The van der Waals surface area contributed by atoms with Crippen LogP contribution in [-0.4, -0.2) is 54.1 Å². The normalized spacial score (nSPS) is 10.8. The predicted molar refractivity (Wildman–Crippen MR) is 74.2 cm³/mol. The maximum Gasteiger partial charge on any atom is 0.358 e. The van der Waals surface area contributed by atoms with E-state index in [9.17, 15) is 4.79 Å². The SMILES string of the molecule is COC(=O)c1cncc(NCCCN(C)C(C)C)n1. The van der Waals surface area contributed by atoms with Crippen LogP contribution >= 0.6 is 0 Å². The summed E-state index contributed by atoms with van der Waals surface area (Å²) in [5.41, 5.74) is 0.215. The summed E-state index contributed by atoms with van der Waals surface area (Å²) in [7, 11) is 3.42. The molecule has 0 radical (unpaired) electrons. The highest BCUT2D eigenvalue weighted by Gasteiger charge is 2.08. The molecule has 0 spiro atoms. The van der Waals surface area contributed by atoms with Crippen molar-refractivity contribution in [3.05, 3.63) is 18.1 Å². The van der Waals surface area contributed by atoms with Crippen molar-refractivity contribution < 1.29 is 9.53 Å². The van der Waals surface area contributed by atoms with Crippen molar-refractivity contribution >= 4 is 11.8 Å². The van der Waals surface area contributed by atoms with Crippen LogP contribution in [0.5, 0.6) is 0 Å². The summed E-state index contributed by atoms with van der Waals surface area (Å²) in [4.78, 5) is 21.7. The molecule has 0 amide bonds. The van der Waals surface area contributed by atoms with Crippen LogP contribution < -0.4 is 5.32 Å². The molecule has 0 aliphatic rings. The summed E-state index contributed by atoms with van der Waals surface area (Å²) in [6.45, 7) is 6.13. The van der Waals surface area contributed by atoms with Gasteiger partial charge in [0.15, 0.2) is 5.69 Å². The first-order valence-corrected chi connectivity index (χ1v) is 6.39. The van der Waals surface area contributed by atoms with Gasteiger partial charge in [-0.25, -0.2) is 9.78 Å². The van der Waals surface area contributed by atoms with Gasteiger partial charge in [0.1, 0.15) is 5.82 Å². The zero-order chi connectivity index (χ0) is 14.3. The lowest BCUT2D eigenvalue weighted by molar-refractivity contribution is 0.0593. The van der Waals surface area contributed by atoms with E-state index >= 15 is 0 Å². The van der Waals surface area contributed by atoms with Gasteiger partial charge in [-0.3, -0.25) is 4.98 Å². The third-order valence-electron chi connectivity index (χ3n) is 2.90. The number of rotatable bonds is 7. The Balaban J connectivity index is 2.39. The topological polar surface area (TPSA) is 67.3 Å². The molecule has 1 N–H and O–H groups in total. The first-order chi connectivity index (χ1) is 9.04. The average molecular weight is 266 g/mol. The molecule has 1 rings (SSSR count). The summed E-state index contributed by atoms with van der Waals surface area (Å²) >= 11 is 0. The van der Waals surface area contributed by atoms with Gasteiger partial charge in [-0.15, -0.1) is 0 Å². The van der Waals surface area contributed by atoms with Crippen LogP contribution in [0, 0.1) is 0 Å². The summed E-state index contributed by atoms with van der Waals surface area (Å²) < 4.78 is 4.60. The summed E-state index contributed by atoms with van der Waals surface area (Å²) in [6.07, 6.45) is 3.99. The molecule has 0 aliphatic carbocycles. The lowest BCUT2D eigenvalue weighted by Crippen LogP contribution is -2.28. The van der Waals surface area contributed by atoms with E-state index in [0.717, 1.165) is 19.5 Å². The van der Waals surface area contributed by atoms with E-state index in [2.05, 4.69) is 45.8 Å². The van der Waals surface area contributed by atoms with Gasteiger partial charge in [0.25, 0.3) is 0 Å². The van der Waals surface area contributed by atoms with Gasteiger partial charge in [-0.1, -0.05) is 0 Å². The Hall–Kier alpha value is -1.69. The van der Waals surface area contributed by atoms with E-state index in [1.165, 1.54) is 13.3 Å². The van der Waals surface area contributed by atoms with E-state index in [4.69, 9.17) is 0 Å². The number of nitrogens with zero attached hydrogens (tertiary/aromatic N) is 3. The Bertz CT molecular complexity index is 409. The van der Waals surface area contributed by atoms with Crippen LogP contribution in [0.25, 0.3) is 0 Å². The Labute approximate surface area is 114 Å². The first-order valence-electron chi connectivity index (χ1n) is 6.39. The summed E-state index contributed by atoms with van der Waals surface area (Å²) in [6, 6.07) is 0.544. The fraction of sp³-hybridized carbons (Fsp3) is 0.615. The zero-order valence-electron chi connectivity index (χ0n) is 12.0. The first kappa shape index (κ1) is 15.4. The highest BCUT2D eigenvalue weighted by molar-refractivity contribution is 5.87. The second kappa shape index (κ2) is 7.68. The molecule has 0 aliphatic heterocycles. The largest absolute Gasteiger partial charge is 0.464 e. The number of nitrogens with one attached hydrogen (secondary N) is 1. The number of methoxy groups -OCH3 is 1. The molecule has 106 valence electrons.